The van der Waals surface area contributed by atoms with Crippen LogP contribution in [0.2, 0.25) is 0 Å². The largest absolute Gasteiger partial charge is 0.550 e. The molecule has 0 amide bonds. The summed E-state index contributed by atoms with van der Waals surface area (Å²) < 4.78 is 0. The van der Waals surface area contributed by atoms with Crippen molar-refractivity contribution in [2.75, 3.05) is 0 Å². The minimum atomic E-state index is -1.14. The summed E-state index contributed by atoms with van der Waals surface area (Å²) >= 11 is 0. The topological polar surface area (TPSA) is 80.3 Å². The number of rotatable bonds is 5. The van der Waals surface area contributed by atoms with Gasteiger partial charge in [-0.25, -0.2) is 0 Å². The van der Waals surface area contributed by atoms with Crippen LogP contribution >= 0.6 is 0 Å². The third-order valence-electron chi connectivity index (χ3n) is 2.33. The Balaban J connectivity index is 4.26. The van der Waals surface area contributed by atoms with Crippen LogP contribution in [-0.2, 0) is 9.59 Å². The quantitative estimate of drug-likeness (QED) is 0.588. The molecule has 82 valence electrons. The molecule has 0 heterocycles. The van der Waals surface area contributed by atoms with E-state index in [-0.39, 0.29) is 24.2 Å². The second-order valence-electron chi connectivity index (χ2n) is 4.55. The van der Waals surface area contributed by atoms with E-state index in [1.165, 1.54) is 0 Å². The van der Waals surface area contributed by atoms with E-state index in [0.29, 0.717) is 6.42 Å². The molecule has 0 aliphatic carbocycles. The van der Waals surface area contributed by atoms with Crippen LogP contribution in [0.15, 0.2) is 0 Å². The zero-order chi connectivity index (χ0) is 11.4. The smallest absolute Gasteiger partial charge is 0.0417 e. The van der Waals surface area contributed by atoms with E-state index in [9.17, 15) is 19.8 Å². The molecule has 14 heavy (non-hydrogen) atoms. The zero-order valence-electron chi connectivity index (χ0n) is 8.83. The van der Waals surface area contributed by atoms with E-state index >= 15 is 0 Å². The number of carbonyl (C=O) groups excluding carboxylic acids is 2. The number of hydrogen-bond donors (Lipinski definition) is 0. The first kappa shape index (κ1) is 12.9. The van der Waals surface area contributed by atoms with E-state index in [1.807, 2.05) is 20.8 Å². The number of carboxylic acids is 2. The number of carboxylic acid groups (broad SMARTS) is 2. The first-order valence-corrected chi connectivity index (χ1v) is 4.63. The van der Waals surface area contributed by atoms with Crippen molar-refractivity contribution < 1.29 is 19.8 Å². The molecular formula is C10H16O4-2. The average molecular weight is 200 g/mol. The van der Waals surface area contributed by atoms with Crippen molar-refractivity contribution >= 4 is 11.9 Å². The normalized spacial score (nSPS) is 13.6. The molecule has 0 aromatic heterocycles. The SMILES string of the molecule is CC(C)(C)[C@@H](CCC(=O)[O-])CC(=O)[O-]. The lowest BCUT2D eigenvalue weighted by Gasteiger charge is -2.31. The van der Waals surface area contributed by atoms with E-state index < -0.39 is 11.9 Å². The molecule has 0 rings (SSSR count). The molecule has 0 aromatic carbocycles. The maximum atomic E-state index is 10.4. The predicted octanol–water partition coefficient (Wildman–Crippen LogP) is -0.681. The fourth-order valence-corrected chi connectivity index (χ4v) is 1.33. The lowest BCUT2D eigenvalue weighted by molar-refractivity contribution is -0.310. The van der Waals surface area contributed by atoms with Crippen LogP contribution in [0.25, 0.3) is 0 Å². The van der Waals surface area contributed by atoms with Crippen molar-refractivity contribution in [3.63, 3.8) is 0 Å². The Kier molecular flexibility index (Phi) is 4.60. The van der Waals surface area contributed by atoms with Crippen molar-refractivity contribution in [1.82, 2.24) is 0 Å². The number of hydrogen-bond acceptors (Lipinski definition) is 4. The molecule has 4 heteroatoms. The Hall–Kier alpha value is -1.06. The lowest BCUT2D eigenvalue weighted by atomic mass is 9.76. The molecule has 4 nitrogen and oxygen atoms in total. The van der Waals surface area contributed by atoms with Gasteiger partial charge in [-0.1, -0.05) is 20.8 Å². The van der Waals surface area contributed by atoms with Gasteiger partial charge in [-0.15, -0.1) is 0 Å². The Morgan fingerprint density at radius 3 is 1.93 bits per heavy atom. The first-order chi connectivity index (χ1) is 6.23. The molecule has 0 fully saturated rings. The predicted molar refractivity (Wildman–Crippen MR) is 46.8 cm³/mol. The second kappa shape index (κ2) is 4.98. The summed E-state index contributed by atoms with van der Waals surface area (Å²) in [5.41, 5.74) is -0.227. The number of carbonyl (C=O) groups is 2. The molecule has 0 aromatic rings. The van der Waals surface area contributed by atoms with Crippen molar-refractivity contribution in [3.8, 4) is 0 Å². The van der Waals surface area contributed by atoms with Crippen LogP contribution in [-0.4, -0.2) is 11.9 Å². The fourth-order valence-electron chi connectivity index (χ4n) is 1.33. The van der Waals surface area contributed by atoms with E-state index in [2.05, 4.69) is 0 Å². The second-order valence-corrected chi connectivity index (χ2v) is 4.55. The molecule has 0 saturated heterocycles. The summed E-state index contributed by atoms with van der Waals surface area (Å²) in [6, 6.07) is 0. The minimum Gasteiger partial charge on any atom is -0.550 e. The maximum absolute atomic E-state index is 10.4. The van der Waals surface area contributed by atoms with Gasteiger partial charge in [0.15, 0.2) is 0 Å². The van der Waals surface area contributed by atoms with Crippen molar-refractivity contribution in [3.05, 3.63) is 0 Å². The third-order valence-corrected chi connectivity index (χ3v) is 2.33. The average Bonchev–Trinajstić information content (AvgIpc) is 1.94. The monoisotopic (exact) mass is 200 g/mol. The summed E-state index contributed by atoms with van der Waals surface area (Å²) in [5, 5.41) is 20.7. The summed E-state index contributed by atoms with van der Waals surface area (Å²) in [4.78, 5) is 20.7. The van der Waals surface area contributed by atoms with Gasteiger partial charge in [0.25, 0.3) is 0 Å². The molecule has 0 N–H and O–H groups in total. The lowest BCUT2D eigenvalue weighted by Crippen LogP contribution is -2.32. The highest BCUT2D eigenvalue weighted by atomic mass is 16.4. The molecule has 0 saturated carbocycles. The Bertz CT molecular complexity index is 215. The molecule has 0 bridgehead atoms. The fraction of sp³-hybridized carbons (Fsp3) is 0.800. The zero-order valence-corrected chi connectivity index (χ0v) is 8.83. The molecule has 0 aliphatic rings. The van der Waals surface area contributed by atoms with Gasteiger partial charge in [0, 0.05) is 11.9 Å². The van der Waals surface area contributed by atoms with Crippen LogP contribution < -0.4 is 10.2 Å². The van der Waals surface area contributed by atoms with Crippen molar-refractivity contribution in [2.45, 2.75) is 40.0 Å². The van der Waals surface area contributed by atoms with Crippen LogP contribution in [0.4, 0.5) is 0 Å². The van der Waals surface area contributed by atoms with Gasteiger partial charge in [0.2, 0.25) is 0 Å². The Morgan fingerprint density at radius 1 is 1.14 bits per heavy atom. The van der Waals surface area contributed by atoms with Gasteiger partial charge in [-0.2, -0.15) is 0 Å². The minimum absolute atomic E-state index is 0.100. The molecule has 0 spiro atoms. The highest BCUT2D eigenvalue weighted by molar-refractivity contribution is 5.66. The van der Waals surface area contributed by atoms with Crippen molar-refractivity contribution in [2.24, 2.45) is 11.3 Å². The van der Waals surface area contributed by atoms with Gasteiger partial charge in [0.1, 0.15) is 0 Å². The van der Waals surface area contributed by atoms with Crippen LogP contribution in [0, 0.1) is 11.3 Å². The van der Waals surface area contributed by atoms with E-state index in [1.54, 1.807) is 0 Å². The molecule has 0 aliphatic heterocycles. The van der Waals surface area contributed by atoms with Crippen LogP contribution in [0.3, 0.4) is 0 Å². The summed E-state index contributed by atoms with van der Waals surface area (Å²) in [5.74, 6) is -2.47. The van der Waals surface area contributed by atoms with Gasteiger partial charge in [0.05, 0.1) is 0 Å². The maximum Gasteiger partial charge on any atom is 0.0417 e. The number of aliphatic carboxylic acids is 2. The van der Waals surface area contributed by atoms with Crippen molar-refractivity contribution in [1.29, 1.82) is 0 Å². The van der Waals surface area contributed by atoms with Crippen LogP contribution in [0.5, 0.6) is 0 Å². The standard InChI is InChI=1S/C10H18O4/c1-10(2,3)7(6-9(13)14)4-5-8(11)12/h7H,4-6H2,1-3H3,(H,11,12)(H,13,14)/p-2/t7-/m0/s1. The highest BCUT2D eigenvalue weighted by Gasteiger charge is 2.24. The van der Waals surface area contributed by atoms with Crippen LogP contribution in [0.1, 0.15) is 40.0 Å². The third kappa shape index (κ3) is 5.56. The molecule has 0 unspecified atom stereocenters. The van der Waals surface area contributed by atoms with Gasteiger partial charge in [-0.3, -0.25) is 0 Å². The van der Waals surface area contributed by atoms with E-state index in [0.717, 1.165) is 0 Å². The molecule has 1 atom stereocenters. The summed E-state index contributed by atoms with van der Waals surface area (Å²) in [6.07, 6.45) is 0.117. The van der Waals surface area contributed by atoms with Gasteiger partial charge >= 0.3 is 0 Å². The summed E-state index contributed by atoms with van der Waals surface area (Å²) in [7, 11) is 0. The summed E-state index contributed by atoms with van der Waals surface area (Å²) in [6.45, 7) is 5.65. The Morgan fingerprint density at radius 2 is 1.64 bits per heavy atom. The molecular weight excluding hydrogens is 184 g/mol. The van der Waals surface area contributed by atoms with Gasteiger partial charge in [-0.05, 0) is 30.6 Å². The molecule has 0 radical (unpaired) electrons. The van der Waals surface area contributed by atoms with E-state index in [4.69, 9.17) is 0 Å². The highest BCUT2D eigenvalue weighted by Crippen LogP contribution is 2.31. The Labute approximate surface area is 83.9 Å². The van der Waals surface area contributed by atoms with Gasteiger partial charge < -0.3 is 19.8 Å². The first-order valence-electron chi connectivity index (χ1n) is 4.63.